The molecule has 1 aromatic heterocycles. The van der Waals surface area contributed by atoms with E-state index in [1.807, 2.05) is 18.2 Å². The summed E-state index contributed by atoms with van der Waals surface area (Å²) in [5, 5.41) is 4.43. The predicted octanol–water partition coefficient (Wildman–Crippen LogP) is 3.70. The molecule has 134 valence electrons. The number of nitrogens with one attached hydrogen (secondary N) is 2. The van der Waals surface area contributed by atoms with Crippen molar-refractivity contribution in [3.63, 3.8) is 0 Å². The summed E-state index contributed by atoms with van der Waals surface area (Å²) in [6.07, 6.45) is 3.23. The third-order valence-electron chi connectivity index (χ3n) is 5.25. The molecular weight excluding hydrogens is 324 g/mol. The van der Waals surface area contributed by atoms with Crippen LogP contribution in [0.4, 0.5) is 0 Å². The van der Waals surface area contributed by atoms with Crippen LogP contribution in [0.5, 0.6) is 5.75 Å². The summed E-state index contributed by atoms with van der Waals surface area (Å²) < 4.78 is 5.37. The molecule has 1 aliphatic rings. The molecule has 2 aromatic carbocycles. The van der Waals surface area contributed by atoms with Gasteiger partial charge in [0.15, 0.2) is 0 Å². The van der Waals surface area contributed by atoms with E-state index < -0.39 is 0 Å². The monoisotopic (exact) mass is 348 g/mol. The van der Waals surface area contributed by atoms with Crippen molar-refractivity contribution in [2.24, 2.45) is 0 Å². The maximum atomic E-state index is 12.4. The number of amides is 1. The number of aromatic nitrogens is 1. The van der Waals surface area contributed by atoms with E-state index in [2.05, 4.69) is 41.5 Å². The van der Waals surface area contributed by atoms with Gasteiger partial charge in [0.1, 0.15) is 5.75 Å². The lowest BCUT2D eigenvalue weighted by Gasteiger charge is -2.23. The van der Waals surface area contributed by atoms with E-state index in [1.54, 1.807) is 7.11 Å². The summed E-state index contributed by atoms with van der Waals surface area (Å²) in [6, 6.07) is 14.5. The van der Waals surface area contributed by atoms with Gasteiger partial charge in [0, 0.05) is 22.6 Å². The summed E-state index contributed by atoms with van der Waals surface area (Å²) in [7, 11) is 1.69. The number of ether oxygens (including phenoxy) is 1. The normalized spacial score (nSPS) is 16.3. The van der Waals surface area contributed by atoms with Crippen molar-refractivity contribution >= 4 is 16.8 Å². The van der Waals surface area contributed by atoms with Crippen molar-refractivity contribution in [3.8, 4) is 5.75 Å². The van der Waals surface area contributed by atoms with Gasteiger partial charge in [-0.3, -0.25) is 4.79 Å². The van der Waals surface area contributed by atoms with E-state index in [0.29, 0.717) is 6.42 Å². The number of H-pyrrole nitrogens is 1. The van der Waals surface area contributed by atoms with Crippen molar-refractivity contribution < 1.29 is 9.53 Å². The predicted molar refractivity (Wildman–Crippen MR) is 104 cm³/mol. The zero-order valence-corrected chi connectivity index (χ0v) is 15.3. The van der Waals surface area contributed by atoms with E-state index in [1.165, 1.54) is 22.2 Å². The fourth-order valence-electron chi connectivity index (χ4n) is 3.82. The molecule has 1 atom stereocenters. The van der Waals surface area contributed by atoms with Gasteiger partial charge in [0.2, 0.25) is 5.91 Å². The molecule has 0 radical (unpaired) electrons. The Morgan fingerprint density at radius 1 is 1.23 bits per heavy atom. The van der Waals surface area contributed by atoms with Crippen LogP contribution in [0.3, 0.4) is 0 Å². The van der Waals surface area contributed by atoms with Crippen LogP contribution in [0.15, 0.2) is 42.5 Å². The molecule has 1 amide bonds. The Morgan fingerprint density at radius 2 is 2.04 bits per heavy atom. The third-order valence-corrected chi connectivity index (χ3v) is 5.25. The summed E-state index contributed by atoms with van der Waals surface area (Å²) in [5.74, 6) is 0.963. The fourth-order valence-corrected chi connectivity index (χ4v) is 3.82. The first-order valence-corrected chi connectivity index (χ1v) is 9.15. The number of carbonyl (C=O) groups is 1. The average Bonchev–Trinajstić information content (AvgIpc) is 3.00. The average molecular weight is 348 g/mol. The van der Waals surface area contributed by atoms with Gasteiger partial charge in [-0.15, -0.1) is 0 Å². The maximum absolute atomic E-state index is 12.4. The molecular formula is C22H24N2O2. The minimum absolute atomic E-state index is 0.0970. The number of aryl methyl sites for hydroxylation is 2. The van der Waals surface area contributed by atoms with Crippen molar-refractivity contribution in [2.75, 3.05) is 7.11 Å². The van der Waals surface area contributed by atoms with Gasteiger partial charge in [0.05, 0.1) is 13.5 Å². The molecule has 4 rings (SSSR count). The van der Waals surface area contributed by atoms with E-state index in [-0.39, 0.29) is 11.9 Å². The summed E-state index contributed by atoms with van der Waals surface area (Å²) in [4.78, 5) is 16.0. The lowest BCUT2D eigenvalue weighted by molar-refractivity contribution is -0.121. The number of methoxy groups -OCH3 is 1. The Hall–Kier alpha value is -2.75. The quantitative estimate of drug-likeness (QED) is 0.755. The highest BCUT2D eigenvalue weighted by Gasteiger charge is 2.24. The molecule has 1 heterocycles. The molecule has 1 unspecified atom stereocenters. The molecule has 2 N–H and O–H groups in total. The first-order valence-electron chi connectivity index (χ1n) is 9.15. The topological polar surface area (TPSA) is 54.1 Å². The van der Waals surface area contributed by atoms with Crippen LogP contribution in [0, 0.1) is 6.92 Å². The van der Waals surface area contributed by atoms with Crippen molar-refractivity contribution in [1.29, 1.82) is 0 Å². The van der Waals surface area contributed by atoms with Gasteiger partial charge in [-0.2, -0.15) is 0 Å². The molecule has 4 nitrogen and oxygen atoms in total. The Bertz CT molecular complexity index is 941. The minimum Gasteiger partial charge on any atom is -0.497 e. The molecule has 3 aromatic rings. The van der Waals surface area contributed by atoms with E-state index in [4.69, 9.17) is 4.74 Å². The van der Waals surface area contributed by atoms with Crippen molar-refractivity contribution in [2.45, 2.75) is 38.6 Å². The molecule has 0 fully saturated rings. The summed E-state index contributed by atoms with van der Waals surface area (Å²) in [5.41, 5.74) is 6.01. The summed E-state index contributed by atoms with van der Waals surface area (Å²) in [6.45, 7) is 2.06. The number of benzene rings is 2. The van der Waals surface area contributed by atoms with Crippen LogP contribution in [0.1, 0.15) is 28.8 Å². The molecule has 0 saturated heterocycles. The first-order chi connectivity index (χ1) is 12.6. The van der Waals surface area contributed by atoms with Crippen LogP contribution >= 0.6 is 0 Å². The van der Waals surface area contributed by atoms with Gasteiger partial charge < -0.3 is 15.0 Å². The zero-order chi connectivity index (χ0) is 18.1. The van der Waals surface area contributed by atoms with E-state index in [0.717, 1.165) is 36.1 Å². The Kier molecular flexibility index (Phi) is 4.41. The van der Waals surface area contributed by atoms with Crippen molar-refractivity contribution in [1.82, 2.24) is 10.3 Å². The number of rotatable bonds is 4. The highest BCUT2D eigenvalue weighted by atomic mass is 16.5. The second-order valence-electron chi connectivity index (χ2n) is 7.16. The van der Waals surface area contributed by atoms with Crippen LogP contribution in [-0.2, 0) is 24.1 Å². The first kappa shape index (κ1) is 16.7. The molecule has 0 spiro atoms. The molecule has 0 aliphatic heterocycles. The van der Waals surface area contributed by atoms with Crippen LogP contribution in [0.25, 0.3) is 10.9 Å². The lowest BCUT2D eigenvalue weighted by Crippen LogP contribution is -2.39. The second kappa shape index (κ2) is 6.87. The number of carbonyl (C=O) groups excluding carboxylic acids is 1. The van der Waals surface area contributed by atoms with E-state index in [9.17, 15) is 4.79 Å². The Balaban J connectivity index is 1.47. The van der Waals surface area contributed by atoms with Crippen LogP contribution < -0.4 is 10.1 Å². The smallest absolute Gasteiger partial charge is 0.224 e. The standard InChI is InChI=1S/C22H24N2O2/c1-14-3-5-15(6-4-14)11-22(25)23-16-7-9-20-18(12-16)19-13-17(26-2)8-10-21(19)24-20/h3-6,8,10,13,16,24H,7,9,11-12H2,1-2H3,(H,23,25). The van der Waals surface area contributed by atoms with Gasteiger partial charge in [0.25, 0.3) is 0 Å². The number of hydrogen-bond acceptors (Lipinski definition) is 2. The maximum Gasteiger partial charge on any atom is 0.224 e. The van der Waals surface area contributed by atoms with Gasteiger partial charge in [-0.25, -0.2) is 0 Å². The number of fused-ring (bicyclic) bond motifs is 3. The largest absolute Gasteiger partial charge is 0.497 e. The lowest BCUT2D eigenvalue weighted by atomic mass is 9.91. The highest BCUT2D eigenvalue weighted by Crippen LogP contribution is 2.31. The number of hydrogen-bond donors (Lipinski definition) is 2. The van der Waals surface area contributed by atoms with Crippen molar-refractivity contribution in [3.05, 3.63) is 64.8 Å². The van der Waals surface area contributed by atoms with Crippen LogP contribution in [0.2, 0.25) is 0 Å². The summed E-state index contributed by atoms with van der Waals surface area (Å²) >= 11 is 0. The zero-order valence-electron chi connectivity index (χ0n) is 15.3. The van der Waals surface area contributed by atoms with Gasteiger partial charge in [-0.05, 0) is 55.5 Å². The molecule has 1 aliphatic carbocycles. The second-order valence-corrected chi connectivity index (χ2v) is 7.16. The van der Waals surface area contributed by atoms with Gasteiger partial charge in [-0.1, -0.05) is 29.8 Å². The molecule has 0 bridgehead atoms. The highest BCUT2D eigenvalue weighted by molar-refractivity contribution is 5.86. The van der Waals surface area contributed by atoms with Crippen LogP contribution in [-0.4, -0.2) is 24.0 Å². The Morgan fingerprint density at radius 3 is 2.81 bits per heavy atom. The fraction of sp³-hybridized carbons (Fsp3) is 0.318. The third kappa shape index (κ3) is 3.32. The molecule has 26 heavy (non-hydrogen) atoms. The van der Waals surface area contributed by atoms with Gasteiger partial charge >= 0.3 is 0 Å². The Labute approximate surface area is 153 Å². The minimum atomic E-state index is 0.0970. The van der Waals surface area contributed by atoms with E-state index >= 15 is 0 Å². The number of aromatic amines is 1. The molecule has 0 saturated carbocycles. The SMILES string of the molecule is COc1ccc2[nH]c3c(c2c1)CC(NC(=O)Cc1ccc(C)cc1)CC3. The molecule has 4 heteroatoms.